The fourth-order valence-electron chi connectivity index (χ4n) is 4.41. The Hall–Kier alpha value is -4.79. The molecule has 0 aliphatic heterocycles. The second kappa shape index (κ2) is 13.9. The van der Waals surface area contributed by atoms with Crippen LogP contribution in [0.5, 0.6) is 34.5 Å². The van der Waals surface area contributed by atoms with Crippen LogP contribution < -0.4 is 9.05 Å². The maximum atomic E-state index is 12.5. The maximum Gasteiger partial charge on any atom is 0.584 e. The van der Waals surface area contributed by atoms with Crippen molar-refractivity contribution in [3.63, 3.8) is 0 Å². The van der Waals surface area contributed by atoms with Crippen LogP contribution >= 0.6 is 7.82 Å². The molecule has 0 aromatic heterocycles. The summed E-state index contributed by atoms with van der Waals surface area (Å²) in [6.45, 7) is 0. The molecule has 0 unspecified atom stereocenters. The van der Waals surface area contributed by atoms with Crippen molar-refractivity contribution >= 4 is 19.4 Å². The monoisotopic (exact) mass is 606 g/mol. The third kappa shape index (κ3) is 9.10. The molecular weight excluding hydrogens is 575 g/mol. The topological polar surface area (TPSA) is 171 Å². The highest BCUT2D eigenvalue weighted by molar-refractivity contribution is 7.48. The Labute approximate surface area is 248 Å². The summed E-state index contributed by atoms with van der Waals surface area (Å²) in [6, 6.07) is 20.6. The van der Waals surface area contributed by atoms with Crippen LogP contribution in [0, 0.1) is 0 Å². The van der Waals surface area contributed by atoms with Gasteiger partial charge in [0.1, 0.15) is 34.5 Å². The lowest BCUT2D eigenvalue weighted by molar-refractivity contribution is 0.0969. The molecule has 0 saturated heterocycles. The van der Waals surface area contributed by atoms with E-state index in [-0.39, 0.29) is 70.0 Å². The maximum absolute atomic E-state index is 12.5. The Morgan fingerprint density at radius 3 is 1.30 bits per heavy atom. The number of hydrogen-bond acceptors (Lipinski definition) is 9. The SMILES string of the molecule is O=C(CCCc1ccc(OP(=O)(O)Oc2ccc(CCCC(=O)c3ccc(O)cc3O)cc2)cc1)c1ccc(O)cc1O. The molecule has 0 bridgehead atoms. The zero-order valence-electron chi connectivity index (χ0n) is 23.1. The van der Waals surface area contributed by atoms with Gasteiger partial charge >= 0.3 is 7.82 Å². The van der Waals surface area contributed by atoms with Crippen molar-refractivity contribution in [1.29, 1.82) is 0 Å². The number of phosphoric acid groups is 1. The largest absolute Gasteiger partial charge is 0.584 e. The number of Topliss-reactive ketones (excluding diaryl/α,β-unsaturated/α-hetero) is 2. The minimum absolute atomic E-state index is 0.124. The molecule has 43 heavy (non-hydrogen) atoms. The van der Waals surface area contributed by atoms with Crippen molar-refractivity contribution in [2.24, 2.45) is 0 Å². The molecule has 0 fully saturated rings. The van der Waals surface area contributed by atoms with Crippen LogP contribution in [-0.4, -0.2) is 36.9 Å². The Bertz CT molecular complexity index is 1510. The number of phenolic OH excluding ortho intramolecular Hbond substituents is 4. The summed E-state index contributed by atoms with van der Waals surface area (Å²) in [4.78, 5) is 34.9. The molecule has 224 valence electrons. The number of benzene rings is 4. The molecule has 4 aromatic rings. The first-order valence-corrected chi connectivity index (χ1v) is 15.0. The van der Waals surface area contributed by atoms with Gasteiger partial charge in [-0.05, 0) is 85.3 Å². The van der Waals surface area contributed by atoms with E-state index in [2.05, 4.69) is 0 Å². The molecule has 10 nitrogen and oxygen atoms in total. The van der Waals surface area contributed by atoms with Gasteiger partial charge in [0.25, 0.3) is 0 Å². The molecular formula is C32H31O10P. The van der Waals surface area contributed by atoms with Gasteiger partial charge in [-0.15, -0.1) is 0 Å². The first-order valence-electron chi connectivity index (χ1n) is 13.5. The lowest BCUT2D eigenvalue weighted by Crippen LogP contribution is -2.01. The molecule has 0 amide bonds. The van der Waals surface area contributed by atoms with Crippen molar-refractivity contribution in [2.75, 3.05) is 0 Å². The van der Waals surface area contributed by atoms with E-state index in [0.717, 1.165) is 23.3 Å². The van der Waals surface area contributed by atoms with Crippen molar-refractivity contribution in [3.8, 4) is 34.5 Å². The molecule has 0 heterocycles. The Morgan fingerprint density at radius 2 is 0.953 bits per heavy atom. The van der Waals surface area contributed by atoms with Crippen LogP contribution in [0.4, 0.5) is 0 Å². The van der Waals surface area contributed by atoms with Crippen LogP contribution in [0.15, 0.2) is 84.9 Å². The Balaban J connectivity index is 1.21. The van der Waals surface area contributed by atoms with E-state index >= 15 is 0 Å². The number of phenols is 4. The quantitative estimate of drug-likeness (QED) is 0.0791. The van der Waals surface area contributed by atoms with Crippen LogP contribution in [0.3, 0.4) is 0 Å². The first kappa shape index (κ1) is 31.2. The lowest BCUT2D eigenvalue weighted by atomic mass is 10.0. The summed E-state index contributed by atoms with van der Waals surface area (Å²) >= 11 is 0. The van der Waals surface area contributed by atoms with Gasteiger partial charge in [-0.25, -0.2) is 4.57 Å². The van der Waals surface area contributed by atoms with Gasteiger partial charge in [0.2, 0.25) is 0 Å². The van der Waals surface area contributed by atoms with E-state index in [9.17, 15) is 39.5 Å². The third-order valence-corrected chi connectivity index (χ3v) is 7.47. The normalized spacial score (nSPS) is 11.2. The van der Waals surface area contributed by atoms with Gasteiger partial charge in [0.15, 0.2) is 11.6 Å². The number of aromatic hydroxyl groups is 4. The van der Waals surface area contributed by atoms with Gasteiger partial charge in [0, 0.05) is 25.0 Å². The van der Waals surface area contributed by atoms with Crippen molar-refractivity contribution < 1.29 is 48.5 Å². The highest BCUT2D eigenvalue weighted by Crippen LogP contribution is 2.44. The predicted molar refractivity (Wildman–Crippen MR) is 158 cm³/mol. The van der Waals surface area contributed by atoms with Crippen molar-refractivity contribution in [1.82, 2.24) is 0 Å². The van der Waals surface area contributed by atoms with Crippen LogP contribution in [0.1, 0.15) is 57.5 Å². The van der Waals surface area contributed by atoms with E-state index in [1.807, 2.05) is 0 Å². The number of ketones is 2. The average molecular weight is 607 g/mol. The fourth-order valence-corrected chi connectivity index (χ4v) is 5.22. The predicted octanol–water partition coefficient (Wildman–Crippen LogP) is 6.48. The molecule has 5 N–H and O–H groups in total. The van der Waals surface area contributed by atoms with Gasteiger partial charge in [-0.3, -0.25) is 14.5 Å². The highest BCUT2D eigenvalue weighted by atomic mass is 31.2. The van der Waals surface area contributed by atoms with E-state index in [1.165, 1.54) is 48.5 Å². The van der Waals surface area contributed by atoms with Crippen molar-refractivity contribution in [3.05, 3.63) is 107 Å². The van der Waals surface area contributed by atoms with Gasteiger partial charge < -0.3 is 29.5 Å². The summed E-state index contributed by atoms with van der Waals surface area (Å²) in [5.74, 6) is -1.02. The molecule has 0 atom stereocenters. The molecule has 11 heteroatoms. The van der Waals surface area contributed by atoms with Crippen molar-refractivity contribution in [2.45, 2.75) is 38.5 Å². The summed E-state index contributed by atoms with van der Waals surface area (Å²) in [6.07, 6.45) is 2.51. The minimum atomic E-state index is -4.49. The van der Waals surface area contributed by atoms with Crippen LogP contribution in [0.25, 0.3) is 0 Å². The molecule has 4 rings (SSSR count). The summed E-state index contributed by atoms with van der Waals surface area (Å²) < 4.78 is 22.9. The lowest BCUT2D eigenvalue weighted by Gasteiger charge is -2.14. The molecule has 0 aliphatic carbocycles. The third-order valence-electron chi connectivity index (χ3n) is 6.59. The van der Waals surface area contributed by atoms with E-state index in [0.29, 0.717) is 25.7 Å². The number of carbonyl (C=O) groups excluding carboxylic acids is 2. The van der Waals surface area contributed by atoms with Crippen LogP contribution in [-0.2, 0) is 17.4 Å². The second-order valence-electron chi connectivity index (χ2n) is 9.90. The van der Waals surface area contributed by atoms with E-state index in [4.69, 9.17) is 9.05 Å². The number of carbonyl (C=O) groups is 2. The Morgan fingerprint density at radius 1 is 0.581 bits per heavy atom. The number of aryl methyl sites for hydroxylation is 2. The zero-order chi connectivity index (χ0) is 31.0. The second-order valence-corrected chi connectivity index (χ2v) is 11.2. The smallest absolute Gasteiger partial charge is 0.508 e. The Kier molecular flexibility index (Phi) is 10.1. The van der Waals surface area contributed by atoms with Crippen LogP contribution in [0.2, 0.25) is 0 Å². The minimum Gasteiger partial charge on any atom is -0.508 e. The molecule has 0 aliphatic rings. The molecule has 0 saturated carbocycles. The van der Waals surface area contributed by atoms with E-state index < -0.39 is 7.82 Å². The zero-order valence-corrected chi connectivity index (χ0v) is 23.9. The molecule has 4 aromatic carbocycles. The summed E-state index contributed by atoms with van der Waals surface area (Å²) in [7, 11) is -4.49. The summed E-state index contributed by atoms with van der Waals surface area (Å²) in [5.41, 5.74) is 2.05. The van der Waals surface area contributed by atoms with Gasteiger partial charge in [0.05, 0.1) is 11.1 Å². The number of hydrogen-bond donors (Lipinski definition) is 5. The molecule has 0 spiro atoms. The number of phosphoric ester groups is 1. The summed E-state index contributed by atoms with van der Waals surface area (Å²) in [5, 5.41) is 38.4. The standard InChI is InChI=1S/C32H31O10P/c33-23-11-17-27(31(37)19-23)29(35)5-1-3-21-7-13-25(14-8-21)41-43(39,40)42-26-15-9-22(10-16-26)4-2-6-30(36)28-18-12-24(34)20-32(28)38/h7-20,33-34,37-38H,1-6H2,(H,39,40). The highest BCUT2D eigenvalue weighted by Gasteiger charge is 2.25. The number of rotatable bonds is 14. The average Bonchev–Trinajstić information content (AvgIpc) is 2.94. The van der Waals surface area contributed by atoms with Gasteiger partial charge in [-0.2, -0.15) is 0 Å². The van der Waals surface area contributed by atoms with E-state index in [1.54, 1.807) is 24.3 Å². The van der Waals surface area contributed by atoms with Gasteiger partial charge in [-0.1, -0.05) is 24.3 Å². The first-order chi connectivity index (χ1) is 20.5. The molecule has 0 radical (unpaired) electrons. The fraction of sp³-hybridized carbons (Fsp3) is 0.188.